The van der Waals surface area contributed by atoms with Gasteiger partial charge in [-0.25, -0.2) is 4.98 Å². The SMILES string of the molecule is COc1cnc(C(O)c2csc3ccccc23)c(OC)n1. The molecule has 3 rings (SSSR count). The topological polar surface area (TPSA) is 64.5 Å². The van der Waals surface area contributed by atoms with Crippen molar-refractivity contribution in [1.29, 1.82) is 0 Å². The zero-order chi connectivity index (χ0) is 14.8. The number of methoxy groups -OCH3 is 2. The van der Waals surface area contributed by atoms with E-state index >= 15 is 0 Å². The molecule has 5 nitrogen and oxygen atoms in total. The molecule has 108 valence electrons. The first-order valence-corrected chi connectivity index (χ1v) is 7.21. The third-order valence-electron chi connectivity index (χ3n) is 3.21. The van der Waals surface area contributed by atoms with Crippen LogP contribution >= 0.6 is 11.3 Å². The van der Waals surface area contributed by atoms with Gasteiger partial charge in [-0.3, -0.25) is 0 Å². The first-order chi connectivity index (χ1) is 10.2. The maximum absolute atomic E-state index is 10.6. The highest BCUT2D eigenvalue weighted by Gasteiger charge is 2.22. The summed E-state index contributed by atoms with van der Waals surface area (Å²) in [6.45, 7) is 0. The van der Waals surface area contributed by atoms with Crippen molar-refractivity contribution in [1.82, 2.24) is 9.97 Å². The number of benzene rings is 1. The highest BCUT2D eigenvalue weighted by Crippen LogP contribution is 2.35. The molecule has 1 N–H and O–H groups in total. The van der Waals surface area contributed by atoms with E-state index in [1.165, 1.54) is 20.4 Å². The predicted molar refractivity (Wildman–Crippen MR) is 81.0 cm³/mol. The fourth-order valence-corrected chi connectivity index (χ4v) is 3.14. The maximum Gasteiger partial charge on any atom is 0.241 e. The van der Waals surface area contributed by atoms with Gasteiger partial charge in [-0.1, -0.05) is 18.2 Å². The molecule has 0 bridgehead atoms. The summed E-state index contributed by atoms with van der Waals surface area (Å²) in [5.41, 5.74) is 1.18. The Kier molecular flexibility index (Phi) is 3.72. The van der Waals surface area contributed by atoms with Gasteiger partial charge in [-0.15, -0.1) is 11.3 Å². The molecule has 0 aliphatic carbocycles. The molecule has 0 aliphatic heterocycles. The summed E-state index contributed by atoms with van der Waals surface area (Å²) in [4.78, 5) is 8.38. The lowest BCUT2D eigenvalue weighted by Gasteiger charge is -2.13. The van der Waals surface area contributed by atoms with Crippen LogP contribution in [0.25, 0.3) is 10.1 Å². The summed E-state index contributed by atoms with van der Waals surface area (Å²) >= 11 is 1.58. The average molecular weight is 302 g/mol. The molecule has 0 saturated carbocycles. The summed E-state index contributed by atoms with van der Waals surface area (Å²) in [7, 11) is 3.00. The van der Waals surface area contributed by atoms with Crippen molar-refractivity contribution in [2.45, 2.75) is 6.10 Å². The van der Waals surface area contributed by atoms with Crippen molar-refractivity contribution in [3.05, 3.63) is 47.1 Å². The standard InChI is InChI=1S/C15H14N2O3S/c1-19-12-7-16-13(15(17-12)20-2)14(18)10-8-21-11-6-4-3-5-9(10)11/h3-8,14,18H,1-2H3. The molecule has 0 amide bonds. The van der Waals surface area contributed by atoms with Crippen molar-refractivity contribution in [3.8, 4) is 11.8 Å². The fraction of sp³-hybridized carbons (Fsp3) is 0.200. The number of thiophene rings is 1. The number of aliphatic hydroxyl groups excluding tert-OH is 1. The molecule has 2 heterocycles. The zero-order valence-corrected chi connectivity index (χ0v) is 12.4. The van der Waals surface area contributed by atoms with Crippen LogP contribution in [0, 0.1) is 0 Å². The number of fused-ring (bicyclic) bond motifs is 1. The third kappa shape index (κ3) is 2.43. The van der Waals surface area contributed by atoms with Gasteiger partial charge >= 0.3 is 0 Å². The number of aliphatic hydroxyl groups is 1. The first-order valence-electron chi connectivity index (χ1n) is 6.33. The van der Waals surface area contributed by atoms with Crippen LogP contribution in [0.1, 0.15) is 17.4 Å². The Morgan fingerprint density at radius 3 is 2.76 bits per heavy atom. The van der Waals surface area contributed by atoms with E-state index in [4.69, 9.17) is 9.47 Å². The Morgan fingerprint density at radius 2 is 2.00 bits per heavy atom. The lowest BCUT2D eigenvalue weighted by Crippen LogP contribution is -2.07. The minimum absolute atomic E-state index is 0.261. The Bertz CT molecular complexity index is 772. The van der Waals surface area contributed by atoms with Crippen LogP contribution in [0.15, 0.2) is 35.8 Å². The smallest absolute Gasteiger partial charge is 0.241 e. The van der Waals surface area contributed by atoms with Gasteiger partial charge < -0.3 is 14.6 Å². The van der Waals surface area contributed by atoms with Crippen molar-refractivity contribution in [2.75, 3.05) is 14.2 Å². The minimum atomic E-state index is -0.894. The summed E-state index contributed by atoms with van der Waals surface area (Å²) in [5.74, 6) is 0.607. The molecule has 3 aromatic rings. The summed E-state index contributed by atoms with van der Waals surface area (Å²) in [5, 5.41) is 13.6. The molecule has 21 heavy (non-hydrogen) atoms. The highest BCUT2D eigenvalue weighted by atomic mass is 32.1. The molecule has 2 aromatic heterocycles. The third-order valence-corrected chi connectivity index (χ3v) is 4.19. The van der Waals surface area contributed by atoms with Gasteiger partial charge in [0.05, 0.1) is 20.4 Å². The van der Waals surface area contributed by atoms with E-state index < -0.39 is 6.10 Å². The van der Waals surface area contributed by atoms with Gasteiger partial charge in [0.1, 0.15) is 11.8 Å². The molecule has 6 heteroatoms. The number of aromatic nitrogens is 2. The Hall–Kier alpha value is -2.18. The van der Waals surface area contributed by atoms with Gasteiger partial charge in [-0.05, 0) is 16.8 Å². The van der Waals surface area contributed by atoms with Crippen LogP contribution < -0.4 is 9.47 Å². The molecule has 0 fully saturated rings. The molecule has 0 spiro atoms. The quantitative estimate of drug-likeness (QED) is 0.803. The number of hydrogen-bond acceptors (Lipinski definition) is 6. The van der Waals surface area contributed by atoms with E-state index in [1.54, 1.807) is 11.3 Å². The Morgan fingerprint density at radius 1 is 1.19 bits per heavy atom. The van der Waals surface area contributed by atoms with Crippen molar-refractivity contribution in [3.63, 3.8) is 0 Å². The summed E-state index contributed by atoms with van der Waals surface area (Å²) in [6.07, 6.45) is 0.574. The van der Waals surface area contributed by atoms with E-state index in [2.05, 4.69) is 9.97 Å². The van der Waals surface area contributed by atoms with Crippen LogP contribution in [0.5, 0.6) is 11.8 Å². The molecule has 0 radical (unpaired) electrons. The summed E-state index contributed by atoms with van der Waals surface area (Å²) < 4.78 is 11.3. The van der Waals surface area contributed by atoms with Crippen molar-refractivity contribution in [2.24, 2.45) is 0 Å². The zero-order valence-electron chi connectivity index (χ0n) is 11.6. The summed E-state index contributed by atoms with van der Waals surface area (Å²) in [6, 6.07) is 7.92. The van der Waals surface area contributed by atoms with Gasteiger partial charge in [0.25, 0.3) is 0 Å². The molecular formula is C15H14N2O3S. The van der Waals surface area contributed by atoms with Crippen molar-refractivity contribution >= 4 is 21.4 Å². The van der Waals surface area contributed by atoms with Crippen LogP contribution in [0.4, 0.5) is 0 Å². The predicted octanol–water partition coefficient (Wildman–Crippen LogP) is 2.79. The molecule has 1 unspecified atom stereocenters. The Labute approximate surface area is 125 Å². The number of nitrogens with zero attached hydrogens (tertiary/aromatic N) is 2. The largest absolute Gasteiger partial charge is 0.480 e. The second kappa shape index (κ2) is 5.67. The van der Waals surface area contributed by atoms with Crippen LogP contribution in [-0.4, -0.2) is 29.3 Å². The van der Waals surface area contributed by atoms with Gasteiger partial charge in [0.2, 0.25) is 11.8 Å². The van der Waals surface area contributed by atoms with Crippen molar-refractivity contribution < 1.29 is 14.6 Å². The highest BCUT2D eigenvalue weighted by molar-refractivity contribution is 7.17. The van der Waals surface area contributed by atoms with Crippen LogP contribution in [0.2, 0.25) is 0 Å². The van der Waals surface area contributed by atoms with Gasteiger partial charge in [0.15, 0.2) is 0 Å². The lowest BCUT2D eigenvalue weighted by atomic mass is 10.1. The molecular weight excluding hydrogens is 288 g/mol. The van der Waals surface area contributed by atoms with E-state index in [9.17, 15) is 5.11 Å². The lowest BCUT2D eigenvalue weighted by molar-refractivity contribution is 0.208. The minimum Gasteiger partial charge on any atom is -0.480 e. The number of rotatable bonds is 4. The second-order valence-corrected chi connectivity index (χ2v) is 5.31. The van der Waals surface area contributed by atoms with Crippen LogP contribution in [0.3, 0.4) is 0 Å². The second-order valence-electron chi connectivity index (χ2n) is 4.40. The molecule has 1 aromatic carbocycles. The monoisotopic (exact) mass is 302 g/mol. The fourth-order valence-electron chi connectivity index (χ4n) is 2.16. The Balaban J connectivity index is 2.07. The van der Waals surface area contributed by atoms with E-state index in [0.717, 1.165) is 15.6 Å². The average Bonchev–Trinajstić information content (AvgIpc) is 2.97. The molecule has 0 saturated heterocycles. The van der Waals surface area contributed by atoms with Crippen LogP contribution in [-0.2, 0) is 0 Å². The molecule has 1 atom stereocenters. The molecule has 0 aliphatic rings. The number of hydrogen-bond donors (Lipinski definition) is 1. The number of ether oxygens (including phenoxy) is 2. The van der Waals surface area contributed by atoms with E-state index in [-0.39, 0.29) is 5.88 Å². The van der Waals surface area contributed by atoms with Gasteiger partial charge in [0, 0.05) is 10.3 Å². The maximum atomic E-state index is 10.6. The normalized spacial score (nSPS) is 12.3. The first kappa shape index (κ1) is 13.8. The van der Waals surface area contributed by atoms with Gasteiger partial charge in [-0.2, -0.15) is 4.98 Å². The van der Waals surface area contributed by atoms with E-state index in [1.807, 2.05) is 29.6 Å². The van der Waals surface area contributed by atoms with E-state index in [0.29, 0.717) is 11.6 Å².